The monoisotopic (exact) mass is 475 g/mol. The van der Waals surface area contributed by atoms with Crippen molar-refractivity contribution < 1.29 is 27.1 Å². The molecule has 2 aromatic carbocycles. The fourth-order valence-electron chi connectivity index (χ4n) is 3.87. The van der Waals surface area contributed by atoms with Crippen molar-refractivity contribution in [2.75, 3.05) is 26.3 Å². The molecule has 176 valence electrons. The van der Waals surface area contributed by atoms with Gasteiger partial charge in [0.25, 0.3) is 0 Å². The van der Waals surface area contributed by atoms with Crippen LogP contribution in [-0.2, 0) is 36.2 Å². The lowest BCUT2D eigenvalue weighted by Crippen LogP contribution is -2.46. The van der Waals surface area contributed by atoms with Crippen LogP contribution >= 0.6 is 0 Å². The van der Waals surface area contributed by atoms with Gasteiger partial charge >= 0.3 is 0 Å². The average Bonchev–Trinajstić information content (AvgIpc) is 3.64. The number of carbonyl (C=O) groups excluding carboxylic acids is 2. The number of rotatable bonds is 7. The number of ether oxygens (including phenoxy) is 1. The van der Waals surface area contributed by atoms with E-state index in [0.29, 0.717) is 45.6 Å². The Labute approximate surface area is 192 Å². The second-order valence-corrected chi connectivity index (χ2v) is 10.2. The van der Waals surface area contributed by atoms with E-state index in [1.54, 1.807) is 36.4 Å². The highest BCUT2D eigenvalue weighted by atomic mass is 32.2. The van der Waals surface area contributed by atoms with Gasteiger partial charge in [0, 0.05) is 19.5 Å². The molecule has 1 saturated heterocycles. The van der Waals surface area contributed by atoms with Crippen LogP contribution in [-0.4, -0.2) is 50.8 Å². The largest absolute Gasteiger partial charge is 0.379 e. The number of carbonyl (C=O) groups is 2. The van der Waals surface area contributed by atoms with E-state index in [9.17, 15) is 22.4 Å². The molecule has 0 unspecified atom stereocenters. The highest BCUT2D eigenvalue weighted by molar-refractivity contribution is 7.89. The maximum Gasteiger partial charge on any atom is 0.249 e. The lowest BCUT2D eigenvalue weighted by molar-refractivity contribution is -0.130. The molecular formula is C23H26FN3O5S. The molecule has 0 bridgehead atoms. The smallest absolute Gasteiger partial charge is 0.249 e. The Bertz CT molecular complexity index is 1110. The summed E-state index contributed by atoms with van der Waals surface area (Å²) in [6.45, 7) is 1.43. The normalized spacial score (nSPS) is 17.8. The summed E-state index contributed by atoms with van der Waals surface area (Å²) in [6.07, 6.45) is 1.79. The Morgan fingerprint density at radius 1 is 0.970 bits per heavy atom. The molecule has 2 aliphatic rings. The van der Waals surface area contributed by atoms with E-state index in [-0.39, 0.29) is 28.9 Å². The maximum absolute atomic E-state index is 13.1. The molecule has 1 heterocycles. The van der Waals surface area contributed by atoms with Crippen molar-refractivity contribution in [3.8, 4) is 0 Å². The Kier molecular flexibility index (Phi) is 6.78. The van der Waals surface area contributed by atoms with Crippen LogP contribution in [0.2, 0.25) is 0 Å². The van der Waals surface area contributed by atoms with E-state index < -0.39 is 15.4 Å². The van der Waals surface area contributed by atoms with Crippen molar-refractivity contribution in [2.45, 2.75) is 36.0 Å². The molecule has 10 heteroatoms. The average molecular weight is 476 g/mol. The van der Waals surface area contributed by atoms with Crippen LogP contribution in [0.3, 0.4) is 0 Å². The number of nitrogens with zero attached hydrogens (tertiary/aromatic N) is 1. The molecule has 1 saturated carbocycles. The SMILES string of the molecule is O=C(CCc1ccc(S(=O)(=O)N2CCOCC2)cc1)NNC(=O)C1(c2ccc(F)cc2)CC1. The maximum atomic E-state index is 13.1. The van der Waals surface area contributed by atoms with E-state index in [0.717, 1.165) is 11.1 Å². The summed E-state index contributed by atoms with van der Waals surface area (Å²) in [5, 5.41) is 0. The standard InChI is InChI=1S/C23H26FN3O5S/c24-19-6-4-18(5-7-19)23(11-12-23)22(29)26-25-21(28)10-3-17-1-8-20(9-2-17)33(30,31)27-13-15-32-16-14-27/h1-2,4-9H,3,10-16H2,(H,25,28)(H,26,29). The minimum atomic E-state index is -3.56. The number of hydrazine groups is 1. The molecular weight excluding hydrogens is 449 g/mol. The first-order valence-electron chi connectivity index (χ1n) is 10.8. The summed E-state index contributed by atoms with van der Waals surface area (Å²) in [4.78, 5) is 25.0. The van der Waals surface area contributed by atoms with Crippen LogP contribution < -0.4 is 10.9 Å². The van der Waals surface area contributed by atoms with E-state index >= 15 is 0 Å². The van der Waals surface area contributed by atoms with Gasteiger partial charge in [-0.1, -0.05) is 24.3 Å². The topological polar surface area (TPSA) is 105 Å². The number of nitrogens with one attached hydrogen (secondary N) is 2. The summed E-state index contributed by atoms with van der Waals surface area (Å²) in [5.74, 6) is -1.04. The van der Waals surface area contributed by atoms with Crippen molar-refractivity contribution >= 4 is 21.8 Å². The first-order chi connectivity index (χ1) is 15.8. The Balaban J connectivity index is 1.26. The van der Waals surface area contributed by atoms with Gasteiger partial charge in [-0.15, -0.1) is 0 Å². The zero-order valence-electron chi connectivity index (χ0n) is 18.1. The number of benzene rings is 2. The highest BCUT2D eigenvalue weighted by Crippen LogP contribution is 2.48. The molecule has 1 aliphatic heterocycles. The van der Waals surface area contributed by atoms with Crippen LogP contribution in [0.4, 0.5) is 4.39 Å². The number of aryl methyl sites for hydroxylation is 1. The second kappa shape index (κ2) is 9.58. The third-order valence-corrected chi connectivity index (χ3v) is 7.98. The summed E-state index contributed by atoms with van der Waals surface area (Å²) < 4.78 is 45.1. The first-order valence-corrected chi connectivity index (χ1v) is 12.3. The van der Waals surface area contributed by atoms with E-state index in [4.69, 9.17) is 4.74 Å². The van der Waals surface area contributed by atoms with E-state index in [1.807, 2.05) is 0 Å². The number of halogens is 1. The van der Waals surface area contributed by atoms with Crippen LogP contribution in [0.25, 0.3) is 0 Å². The molecule has 1 aliphatic carbocycles. The van der Waals surface area contributed by atoms with Crippen molar-refractivity contribution in [3.63, 3.8) is 0 Å². The van der Waals surface area contributed by atoms with Crippen molar-refractivity contribution in [1.82, 2.24) is 15.2 Å². The minimum absolute atomic E-state index is 0.124. The quantitative estimate of drug-likeness (QED) is 0.593. The van der Waals surface area contributed by atoms with Crippen LogP contribution in [0, 0.1) is 5.82 Å². The predicted molar refractivity (Wildman–Crippen MR) is 118 cm³/mol. The second-order valence-electron chi connectivity index (χ2n) is 8.25. The lowest BCUT2D eigenvalue weighted by atomic mass is 9.95. The molecule has 0 aromatic heterocycles. The zero-order valence-corrected chi connectivity index (χ0v) is 18.9. The summed E-state index contributed by atoms with van der Waals surface area (Å²) in [6, 6.07) is 12.3. The first kappa shape index (κ1) is 23.3. The number of hydrogen-bond acceptors (Lipinski definition) is 5. The van der Waals surface area contributed by atoms with Crippen molar-refractivity contribution in [1.29, 1.82) is 0 Å². The zero-order chi connectivity index (χ0) is 23.5. The van der Waals surface area contributed by atoms with Gasteiger partial charge in [0.05, 0.1) is 23.5 Å². The van der Waals surface area contributed by atoms with Crippen molar-refractivity contribution in [2.24, 2.45) is 0 Å². The van der Waals surface area contributed by atoms with E-state index in [1.165, 1.54) is 16.4 Å². The third-order valence-electron chi connectivity index (χ3n) is 6.07. The summed E-state index contributed by atoms with van der Waals surface area (Å²) in [7, 11) is -3.56. The molecule has 2 aromatic rings. The van der Waals surface area contributed by atoms with Gasteiger partial charge in [-0.3, -0.25) is 20.4 Å². The Morgan fingerprint density at radius 2 is 1.61 bits per heavy atom. The molecule has 0 radical (unpaired) electrons. The number of amides is 2. The predicted octanol–water partition coefficient (Wildman–Crippen LogP) is 1.66. The molecule has 0 spiro atoms. The molecule has 8 nitrogen and oxygen atoms in total. The number of hydrogen-bond donors (Lipinski definition) is 2. The van der Waals surface area contributed by atoms with Gasteiger partial charge in [-0.2, -0.15) is 4.31 Å². The molecule has 33 heavy (non-hydrogen) atoms. The minimum Gasteiger partial charge on any atom is -0.379 e. The molecule has 4 rings (SSSR count). The summed E-state index contributed by atoms with van der Waals surface area (Å²) >= 11 is 0. The fraction of sp³-hybridized carbons (Fsp3) is 0.391. The van der Waals surface area contributed by atoms with Gasteiger partial charge < -0.3 is 4.74 Å². The van der Waals surface area contributed by atoms with Gasteiger partial charge in [-0.05, 0) is 54.7 Å². The van der Waals surface area contributed by atoms with Gasteiger partial charge in [-0.25, -0.2) is 12.8 Å². The number of morpholine rings is 1. The van der Waals surface area contributed by atoms with E-state index in [2.05, 4.69) is 10.9 Å². The highest BCUT2D eigenvalue weighted by Gasteiger charge is 2.51. The lowest BCUT2D eigenvalue weighted by Gasteiger charge is -2.26. The van der Waals surface area contributed by atoms with Gasteiger partial charge in [0.2, 0.25) is 21.8 Å². The molecule has 2 fully saturated rings. The number of sulfonamides is 1. The third kappa shape index (κ3) is 5.23. The Morgan fingerprint density at radius 3 is 2.21 bits per heavy atom. The summed E-state index contributed by atoms with van der Waals surface area (Å²) in [5.41, 5.74) is 5.72. The molecule has 2 amide bonds. The van der Waals surface area contributed by atoms with Crippen LogP contribution in [0.15, 0.2) is 53.4 Å². The van der Waals surface area contributed by atoms with Gasteiger partial charge in [0.1, 0.15) is 5.82 Å². The van der Waals surface area contributed by atoms with Crippen LogP contribution in [0.1, 0.15) is 30.4 Å². The molecule has 2 N–H and O–H groups in total. The Hall–Kier alpha value is -2.82. The molecule has 0 atom stereocenters. The fourth-order valence-corrected chi connectivity index (χ4v) is 5.28. The van der Waals surface area contributed by atoms with Crippen molar-refractivity contribution in [3.05, 3.63) is 65.5 Å². The van der Waals surface area contributed by atoms with Gasteiger partial charge in [0.15, 0.2) is 0 Å². The van der Waals surface area contributed by atoms with Crippen LogP contribution in [0.5, 0.6) is 0 Å².